The standard InChI is InChI=1S/C18H20F3N3O2/c1-9-15-11(5-6-24(9)17(25)26-18(2,3)4)16(23-22-15)10-7-12(19)14(21)13(20)8-10/h7-9H,5-6H2,1-4H3,(H,22,23)/t9-/m0/s1. The Bertz CT molecular complexity index is 835. The molecule has 140 valence electrons. The fraction of sp³-hybridized carbons (Fsp3) is 0.444. The number of H-pyrrole nitrogens is 1. The minimum Gasteiger partial charge on any atom is -0.444 e. The number of nitrogens with one attached hydrogen (secondary N) is 1. The van der Waals surface area contributed by atoms with E-state index in [1.54, 1.807) is 32.6 Å². The third-order valence-corrected chi connectivity index (χ3v) is 4.27. The molecule has 1 amide bonds. The van der Waals surface area contributed by atoms with Crippen molar-refractivity contribution in [2.24, 2.45) is 0 Å². The Hall–Kier alpha value is -2.51. The van der Waals surface area contributed by atoms with E-state index in [0.29, 0.717) is 24.4 Å². The van der Waals surface area contributed by atoms with Gasteiger partial charge in [-0.05, 0) is 46.2 Å². The maximum atomic E-state index is 13.5. The van der Waals surface area contributed by atoms with Crippen LogP contribution in [0.4, 0.5) is 18.0 Å². The largest absolute Gasteiger partial charge is 0.444 e. The van der Waals surface area contributed by atoms with Crippen molar-refractivity contribution in [1.29, 1.82) is 0 Å². The quantitative estimate of drug-likeness (QED) is 0.763. The van der Waals surface area contributed by atoms with E-state index >= 15 is 0 Å². The molecular formula is C18H20F3N3O2. The summed E-state index contributed by atoms with van der Waals surface area (Å²) < 4.78 is 45.7. The predicted molar refractivity (Wildman–Crippen MR) is 89.0 cm³/mol. The highest BCUT2D eigenvalue weighted by Crippen LogP contribution is 2.35. The summed E-state index contributed by atoms with van der Waals surface area (Å²) in [5.74, 6) is -4.03. The molecule has 0 aliphatic carbocycles. The molecule has 1 aromatic heterocycles. The maximum Gasteiger partial charge on any atom is 0.410 e. The van der Waals surface area contributed by atoms with Gasteiger partial charge in [-0.15, -0.1) is 0 Å². The van der Waals surface area contributed by atoms with Gasteiger partial charge in [0.15, 0.2) is 17.5 Å². The van der Waals surface area contributed by atoms with Gasteiger partial charge in [0, 0.05) is 17.7 Å². The minimum absolute atomic E-state index is 0.174. The fourth-order valence-electron chi connectivity index (χ4n) is 3.06. The maximum absolute atomic E-state index is 13.5. The summed E-state index contributed by atoms with van der Waals surface area (Å²) in [6.07, 6.45) is -0.00943. The second-order valence-electron chi connectivity index (χ2n) is 7.32. The first-order chi connectivity index (χ1) is 12.1. The number of amides is 1. The molecule has 1 aromatic carbocycles. The van der Waals surface area contributed by atoms with Crippen molar-refractivity contribution in [2.75, 3.05) is 6.54 Å². The zero-order valence-corrected chi connectivity index (χ0v) is 15.0. The van der Waals surface area contributed by atoms with Crippen LogP contribution in [0.1, 0.15) is 45.0 Å². The van der Waals surface area contributed by atoms with E-state index < -0.39 is 29.1 Å². The van der Waals surface area contributed by atoms with Gasteiger partial charge in [0.1, 0.15) is 5.60 Å². The molecule has 1 N–H and O–H groups in total. The Labute approximate surface area is 149 Å². The number of aromatic nitrogens is 2. The number of carbonyl (C=O) groups excluding carboxylic acids is 1. The normalized spacial score (nSPS) is 17.2. The Morgan fingerprint density at radius 1 is 1.27 bits per heavy atom. The van der Waals surface area contributed by atoms with Gasteiger partial charge < -0.3 is 4.74 Å². The summed E-state index contributed by atoms with van der Waals surface area (Å²) in [4.78, 5) is 13.9. The summed E-state index contributed by atoms with van der Waals surface area (Å²) in [5, 5.41) is 6.97. The van der Waals surface area contributed by atoms with Crippen molar-refractivity contribution in [3.05, 3.63) is 40.8 Å². The smallest absolute Gasteiger partial charge is 0.410 e. The van der Waals surface area contributed by atoms with Crippen molar-refractivity contribution in [3.8, 4) is 11.3 Å². The molecule has 0 unspecified atom stereocenters. The van der Waals surface area contributed by atoms with E-state index in [2.05, 4.69) is 10.2 Å². The van der Waals surface area contributed by atoms with Crippen molar-refractivity contribution in [1.82, 2.24) is 15.1 Å². The molecule has 0 saturated carbocycles. The number of hydrogen-bond acceptors (Lipinski definition) is 3. The molecule has 0 spiro atoms. The van der Waals surface area contributed by atoms with Crippen LogP contribution in [-0.2, 0) is 11.2 Å². The number of benzene rings is 1. The molecule has 3 rings (SSSR count). The van der Waals surface area contributed by atoms with Gasteiger partial charge in [0.25, 0.3) is 0 Å². The van der Waals surface area contributed by atoms with Crippen LogP contribution in [0.2, 0.25) is 0 Å². The lowest BCUT2D eigenvalue weighted by molar-refractivity contribution is 0.0156. The van der Waals surface area contributed by atoms with Crippen LogP contribution in [0.25, 0.3) is 11.3 Å². The van der Waals surface area contributed by atoms with E-state index in [4.69, 9.17) is 4.74 Å². The average molecular weight is 367 g/mol. The van der Waals surface area contributed by atoms with Crippen LogP contribution < -0.4 is 0 Å². The summed E-state index contributed by atoms with van der Waals surface area (Å²) >= 11 is 0. The third kappa shape index (κ3) is 3.27. The van der Waals surface area contributed by atoms with Crippen molar-refractivity contribution < 1.29 is 22.7 Å². The summed E-state index contributed by atoms with van der Waals surface area (Å²) in [6.45, 7) is 7.54. The highest BCUT2D eigenvalue weighted by atomic mass is 19.2. The molecule has 0 saturated heterocycles. The summed E-state index contributed by atoms with van der Waals surface area (Å²) in [5.41, 5.74) is 1.34. The molecule has 0 radical (unpaired) electrons. The summed E-state index contributed by atoms with van der Waals surface area (Å²) in [7, 11) is 0. The molecule has 2 heterocycles. The van der Waals surface area contributed by atoms with Crippen LogP contribution in [0.3, 0.4) is 0 Å². The fourth-order valence-corrected chi connectivity index (χ4v) is 3.06. The molecule has 1 aliphatic heterocycles. The number of rotatable bonds is 1. The zero-order valence-electron chi connectivity index (χ0n) is 15.0. The molecule has 1 atom stereocenters. The van der Waals surface area contributed by atoms with E-state index in [9.17, 15) is 18.0 Å². The topological polar surface area (TPSA) is 58.2 Å². The molecule has 2 aromatic rings. The lowest BCUT2D eigenvalue weighted by Gasteiger charge is -2.34. The molecule has 8 heteroatoms. The van der Waals surface area contributed by atoms with Gasteiger partial charge in [0.05, 0.1) is 17.4 Å². The number of hydrogen-bond donors (Lipinski definition) is 1. The lowest BCUT2D eigenvalue weighted by Crippen LogP contribution is -2.42. The van der Waals surface area contributed by atoms with Gasteiger partial charge in [-0.25, -0.2) is 18.0 Å². The van der Waals surface area contributed by atoms with Crippen LogP contribution in [0.15, 0.2) is 12.1 Å². The molecular weight excluding hydrogens is 347 g/mol. The third-order valence-electron chi connectivity index (χ3n) is 4.27. The second kappa shape index (κ2) is 6.34. The zero-order chi connectivity index (χ0) is 19.2. The van der Waals surface area contributed by atoms with Gasteiger partial charge in [-0.2, -0.15) is 5.10 Å². The minimum atomic E-state index is -1.51. The van der Waals surface area contributed by atoms with Gasteiger partial charge in [-0.1, -0.05) is 0 Å². The molecule has 26 heavy (non-hydrogen) atoms. The van der Waals surface area contributed by atoms with Crippen molar-refractivity contribution in [2.45, 2.75) is 45.8 Å². The Morgan fingerprint density at radius 2 is 1.88 bits per heavy atom. The summed E-state index contributed by atoms with van der Waals surface area (Å²) in [6, 6.07) is 1.49. The predicted octanol–water partition coefficient (Wildman–Crippen LogP) is 4.35. The van der Waals surface area contributed by atoms with E-state index in [-0.39, 0.29) is 11.6 Å². The number of fused-ring (bicyclic) bond motifs is 1. The van der Waals surface area contributed by atoms with Crippen LogP contribution in [-0.4, -0.2) is 33.3 Å². The van der Waals surface area contributed by atoms with Gasteiger partial charge in [0.2, 0.25) is 0 Å². The highest BCUT2D eigenvalue weighted by molar-refractivity contribution is 5.71. The Morgan fingerprint density at radius 3 is 2.46 bits per heavy atom. The number of nitrogens with zero attached hydrogens (tertiary/aromatic N) is 2. The van der Waals surface area contributed by atoms with Crippen molar-refractivity contribution in [3.63, 3.8) is 0 Å². The van der Waals surface area contributed by atoms with Crippen LogP contribution in [0, 0.1) is 17.5 Å². The highest BCUT2D eigenvalue weighted by Gasteiger charge is 2.34. The van der Waals surface area contributed by atoms with E-state index in [1.165, 1.54) is 0 Å². The Balaban J connectivity index is 1.92. The van der Waals surface area contributed by atoms with Crippen LogP contribution in [0.5, 0.6) is 0 Å². The number of aromatic amines is 1. The second-order valence-corrected chi connectivity index (χ2v) is 7.32. The Kier molecular flexibility index (Phi) is 4.46. The number of ether oxygens (including phenoxy) is 1. The number of halogens is 3. The lowest BCUT2D eigenvalue weighted by atomic mass is 9.96. The van der Waals surface area contributed by atoms with Crippen LogP contribution >= 0.6 is 0 Å². The molecule has 1 aliphatic rings. The molecule has 5 nitrogen and oxygen atoms in total. The monoisotopic (exact) mass is 367 g/mol. The molecule has 0 fully saturated rings. The van der Waals surface area contributed by atoms with Gasteiger partial charge in [-0.3, -0.25) is 10.00 Å². The molecule has 0 bridgehead atoms. The number of carbonyl (C=O) groups is 1. The first kappa shape index (κ1) is 18.3. The van der Waals surface area contributed by atoms with Crippen molar-refractivity contribution >= 4 is 6.09 Å². The van der Waals surface area contributed by atoms with Gasteiger partial charge >= 0.3 is 6.09 Å². The van der Waals surface area contributed by atoms with E-state index in [1.807, 2.05) is 0 Å². The SMILES string of the molecule is C[C@H]1c2n[nH]c(-c3cc(F)c(F)c(F)c3)c2CCN1C(=O)OC(C)(C)C. The first-order valence-electron chi connectivity index (χ1n) is 8.30. The van der Waals surface area contributed by atoms with E-state index in [0.717, 1.165) is 17.7 Å². The first-order valence-corrected chi connectivity index (χ1v) is 8.30. The average Bonchev–Trinajstić information content (AvgIpc) is 2.95.